The highest BCUT2D eigenvalue weighted by molar-refractivity contribution is 5.67. The molecular weight excluding hydrogens is 166 g/mol. The first-order valence-corrected chi connectivity index (χ1v) is 3.72. The van der Waals surface area contributed by atoms with Crippen molar-refractivity contribution in [2.75, 3.05) is 0 Å². The molecule has 1 N–H and O–H groups in total. The second-order valence-electron chi connectivity index (χ2n) is 2.48. The largest absolute Gasteiger partial charge is 0.507 e. The fourth-order valence-electron chi connectivity index (χ4n) is 1.05. The van der Waals surface area contributed by atoms with E-state index in [0.29, 0.717) is 11.1 Å². The van der Waals surface area contributed by atoms with Crippen LogP contribution >= 0.6 is 0 Å². The van der Waals surface area contributed by atoms with Crippen LogP contribution in [0.25, 0.3) is 11.1 Å². The average Bonchev–Trinajstić information content (AvgIpc) is 2.20. The van der Waals surface area contributed by atoms with Gasteiger partial charge in [-0.25, -0.2) is 0 Å². The second-order valence-corrected chi connectivity index (χ2v) is 2.48. The third-order valence-electron chi connectivity index (χ3n) is 1.65. The van der Waals surface area contributed by atoms with E-state index in [4.69, 9.17) is 0 Å². The molecule has 1 aromatic heterocycles. The molecule has 2 rings (SSSR count). The third kappa shape index (κ3) is 1.46. The van der Waals surface area contributed by atoms with Crippen molar-refractivity contribution in [1.82, 2.24) is 15.4 Å². The van der Waals surface area contributed by atoms with Gasteiger partial charge in [-0.1, -0.05) is 18.2 Å². The van der Waals surface area contributed by atoms with Crippen molar-refractivity contribution in [3.8, 4) is 16.9 Å². The summed E-state index contributed by atoms with van der Waals surface area (Å²) in [6.07, 6.45) is 4.14. The Bertz CT molecular complexity index is 403. The molecule has 0 bridgehead atoms. The summed E-state index contributed by atoms with van der Waals surface area (Å²) in [4.78, 5) is 0. The molecule has 0 saturated carbocycles. The maximum absolute atomic E-state index is 9.47. The lowest BCUT2D eigenvalue weighted by molar-refractivity contribution is 0.477. The molecule has 0 atom stereocenters. The fraction of sp³-hybridized carbons (Fsp3) is 0. The van der Waals surface area contributed by atoms with Crippen LogP contribution in [0.4, 0.5) is 0 Å². The molecule has 4 nitrogen and oxygen atoms in total. The number of phenols is 1. The molecule has 1 heterocycles. The quantitative estimate of drug-likeness (QED) is 0.698. The van der Waals surface area contributed by atoms with E-state index in [1.807, 2.05) is 6.07 Å². The Morgan fingerprint density at radius 1 is 1.23 bits per heavy atom. The van der Waals surface area contributed by atoms with Gasteiger partial charge in [-0.2, -0.15) is 0 Å². The van der Waals surface area contributed by atoms with Crippen molar-refractivity contribution in [2.45, 2.75) is 0 Å². The van der Waals surface area contributed by atoms with Crippen molar-refractivity contribution in [1.29, 1.82) is 0 Å². The highest BCUT2D eigenvalue weighted by atomic mass is 16.3. The molecule has 0 aliphatic carbocycles. The van der Waals surface area contributed by atoms with Crippen LogP contribution in [0.15, 0.2) is 30.5 Å². The normalized spacial score (nSPS) is 9.85. The number of aromatic hydroxyl groups is 1. The number of para-hydroxylation sites is 1. The SMILES string of the molecule is Oc1ccccc1-c1[c]nnnc1. The monoisotopic (exact) mass is 172 g/mol. The number of phenolic OH excluding ortho intramolecular Hbond substituents is 1. The Kier molecular flexibility index (Phi) is 1.88. The van der Waals surface area contributed by atoms with Crippen molar-refractivity contribution in [3.05, 3.63) is 36.7 Å². The van der Waals surface area contributed by atoms with Crippen LogP contribution < -0.4 is 0 Å². The molecule has 0 saturated heterocycles. The molecule has 0 aliphatic rings. The predicted molar refractivity (Wildman–Crippen MR) is 45.8 cm³/mol. The predicted octanol–water partition coefficient (Wildman–Crippen LogP) is 1.04. The van der Waals surface area contributed by atoms with Crippen molar-refractivity contribution in [3.63, 3.8) is 0 Å². The van der Waals surface area contributed by atoms with Gasteiger partial charge in [0.25, 0.3) is 0 Å². The fourth-order valence-corrected chi connectivity index (χ4v) is 1.05. The van der Waals surface area contributed by atoms with Gasteiger partial charge in [0.15, 0.2) is 0 Å². The summed E-state index contributed by atoms with van der Waals surface area (Å²) in [5, 5.41) is 19.9. The summed E-state index contributed by atoms with van der Waals surface area (Å²) in [5.74, 6) is 0.188. The van der Waals surface area contributed by atoms with E-state index in [1.54, 1.807) is 18.2 Å². The number of hydrogen-bond donors (Lipinski definition) is 1. The Morgan fingerprint density at radius 3 is 2.77 bits per heavy atom. The summed E-state index contributed by atoms with van der Waals surface area (Å²) in [7, 11) is 0. The van der Waals surface area contributed by atoms with Gasteiger partial charge >= 0.3 is 0 Å². The van der Waals surface area contributed by atoms with Crippen LogP contribution in [0.2, 0.25) is 0 Å². The van der Waals surface area contributed by atoms with Crippen LogP contribution in [0.1, 0.15) is 0 Å². The highest BCUT2D eigenvalue weighted by Crippen LogP contribution is 2.26. The minimum absolute atomic E-state index is 0.188. The smallest absolute Gasteiger partial charge is 0.125 e. The lowest BCUT2D eigenvalue weighted by Crippen LogP contribution is -1.87. The number of hydrogen-bond acceptors (Lipinski definition) is 4. The van der Waals surface area contributed by atoms with Crippen LogP contribution in [0.3, 0.4) is 0 Å². The number of benzene rings is 1. The van der Waals surface area contributed by atoms with Gasteiger partial charge < -0.3 is 5.11 Å². The molecule has 0 fully saturated rings. The van der Waals surface area contributed by atoms with Crippen molar-refractivity contribution >= 4 is 0 Å². The first kappa shape index (κ1) is 7.67. The van der Waals surface area contributed by atoms with Gasteiger partial charge in [0.2, 0.25) is 0 Å². The summed E-state index contributed by atoms with van der Waals surface area (Å²) >= 11 is 0. The Hall–Kier alpha value is -1.97. The first-order chi connectivity index (χ1) is 6.38. The summed E-state index contributed by atoms with van der Waals surface area (Å²) < 4.78 is 0. The molecule has 13 heavy (non-hydrogen) atoms. The molecule has 0 unspecified atom stereocenters. The Morgan fingerprint density at radius 2 is 2.08 bits per heavy atom. The molecule has 4 heteroatoms. The summed E-state index contributed by atoms with van der Waals surface area (Å²) in [6, 6.07) is 6.94. The van der Waals surface area contributed by atoms with Gasteiger partial charge in [-0.05, 0) is 11.3 Å². The topological polar surface area (TPSA) is 58.9 Å². The second kappa shape index (κ2) is 3.18. The van der Waals surface area contributed by atoms with Crippen molar-refractivity contribution in [2.24, 2.45) is 0 Å². The van der Waals surface area contributed by atoms with Crippen LogP contribution in [-0.4, -0.2) is 20.5 Å². The van der Waals surface area contributed by atoms with E-state index < -0.39 is 0 Å². The van der Waals surface area contributed by atoms with E-state index in [2.05, 4.69) is 21.6 Å². The molecule has 1 radical (unpaired) electrons. The third-order valence-corrected chi connectivity index (χ3v) is 1.65. The Labute approximate surface area is 74.9 Å². The maximum Gasteiger partial charge on any atom is 0.125 e. The maximum atomic E-state index is 9.47. The van der Waals surface area contributed by atoms with E-state index in [1.165, 1.54) is 6.20 Å². The van der Waals surface area contributed by atoms with Gasteiger partial charge in [-0.15, -0.1) is 10.2 Å². The van der Waals surface area contributed by atoms with Gasteiger partial charge in [0, 0.05) is 11.1 Å². The zero-order chi connectivity index (χ0) is 9.10. The summed E-state index contributed by atoms with van der Waals surface area (Å²) in [5.41, 5.74) is 1.29. The standard InChI is InChI=1S/C9H6N3O/c13-9-4-2-1-3-8(9)7-5-10-12-11-6-7/h1-5,13H. The van der Waals surface area contributed by atoms with Gasteiger partial charge in [-0.3, -0.25) is 0 Å². The number of nitrogens with zero attached hydrogens (tertiary/aromatic N) is 3. The zero-order valence-corrected chi connectivity index (χ0v) is 6.68. The Balaban J connectivity index is 2.54. The van der Waals surface area contributed by atoms with Crippen LogP contribution in [-0.2, 0) is 0 Å². The zero-order valence-electron chi connectivity index (χ0n) is 6.68. The summed E-state index contributed by atoms with van der Waals surface area (Å²) in [6.45, 7) is 0. The van der Waals surface area contributed by atoms with E-state index >= 15 is 0 Å². The molecule has 2 aromatic rings. The molecule has 63 valence electrons. The van der Waals surface area contributed by atoms with E-state index in [0.717, 1.165) is 0 Å². The van der Waals surface area contributed by atoms with E-state index in [9.17, 15) is 5.11 Å². The molecule has 0 amide bonds. The van der Waals surface area contributed by atoms with Crippen LogP contribution in [0.5, 0.6) is 5.75 Å². The lowest BCUT2D eigenvalue weighted by atomic mass is 10.1. The first-order valence-electron chi connectivity index (χ1n) is 3.72. The number of aromatic nitrogens is 3. The minimum atomic E-state index is 0.188. The average molecular weight is 172 g/mol. The molecule has 0 aliphatic heterocycles. The highest BCUT2D eigenvalue weighted by Gasteiger charge is 2.02. The molecule has 0 spiro atoms. The number of rotatable bonds is 1. The van der Waals surface area contributed by atoms with E-state index in [-0.39, 0.29) is 5.75 Å². The minimum Gasteiger partial charge on any atom is -0.507 e. The molecular formula is C9H6N3O. The van der Waals surface area contributed by atoms with Crippen molar-refractivity contribution < 1.29 is 5.11 Å². The lowest BCUT2D eigenvalue weighted by Gasteiger charge is -2.00. The van der Waals surface area contributed by atoms with Crippen LogP contribution in [0, 0.1) is 6.20 Å². The van der Waals surface area contributed by atoms with Gasteiger partial charge in [0.1, 0.15) is 11.9 Å². The molecule has 1 aromatic carbocycles. The van der Waals surface area contributed by atoms with Gasteiger partial charge in [0.05, 0.1) is 6.20 Å².